The summed E-state index contributed by atoms with van der Waals surface area (Å²) < 4.78 is 40.1. The van der Waals surface area contributed by atoms with E-state index in [1.54, 1.807) is 37.1 Å². The normalized spacial score (nSPS) is 21.3. The van der Waals surface area contributed by atoms with Gasteiger partial charge < -0.3 is 14.7 Å². The lowest BCUT2D eigenvalue weighted by Crippen LogP contribution is -2.57. The van der Waals surface area contributed by atoms with Crippen molar-refractivity contribution in [2.45, 2.75) is 57.4 Å². The zero-order valence-corrected chi connectivity index (χ0v) is 22.7. The Hall–Kier alpha value is -3.55. The number of benzene rings is 2. The lowest BCUT2D eigenvalue weighted by Gasteiger charge is -2.47. The van der Waals surface area contributed by atoms with Gasteiger partial charge in [0.15, 0.2) is 0 Å². The van der Waals surface area contributed by atoms with E-state index in [1.807, 2.05) is 36.1 Å². The van der Waals surface area contributed by atoms with Crippen LogP contribution in [0.25, 0.3) is 0 Å². The highest BCUT2D eigenvalue weighted by Gasteiger charge is 2.56. The number of allylic oxidation sites excluding steroid dienone is 2. The minimum atomic E-state index is -4.47. The van der Waals surface area contributed by atoms with Crippen LogP contribution in [0.5, 0.6) is 0 Å². The molecule has 0 radical (unpaired) electrons. The quantitative estimate of drug-likeness (QED) is 0.359. The molecule has 0 spiro atoms. The number of hydrogen-bond donors (Lipinski definition) is 0. The number of aryl methyl sites for hydroxylation is 1. The van der Waals surface area contributed by atoms with E-state index in [9.17, 15) is 22.8 Å². The molecule has 2 aromatic carbocycles. The molecule has 0 bridgehead atoms. The largest absolute Gasteiger partial charge is 0.416 e. The second-order valence-corrected chi connectivity index (χ2v) is 10.7. The number of carbonyl (C=O) groups excluding carboxylic acids is 2. The Morgan fingerprint density at radius 3 is 2.41 bits per heavy atom. The number of urea groups is 1. The molecule has 2 saturated heterocycles. The van der Waals surface area contributed by atoms with Gasteiger partial charge in [-0.3, -0.25) is 4.79 Å². The van der Waals surface area contributed by atoms with Crippen molar-refractivity contribution in [1.29, 1.82) is 0 Å². The van der Waals surface area contributed by atoms with Crippen LogP contribution in [0, 0.1) is 12.3 Å². The number of halogens is 3. The third-order valence-corrected chi connectivity index (χ3v) is 8.40. The van der Waals surface area contributed by atoms with Crippen LogP contribution in [0.3, 0.4) is 0 Å². The first-order valence-corrected chi connectivity index (χ1v) is 13.2. The number of fused-ring (bicyclic) bond motifs is 1. The van der Waals surface area contributed by atoms with Gasteiger partial charge in [0.2, 0.25) is 5.91 Å². The van der Waals surface area contributed by atoms with Crippen molar-refractivity contribution in [3.63, 3.8) is 0 Å². The molecule has 3 amide bonds. The zero-order valence-electron chi connectivity index (χ0n) is 22.7. The van der Waals surface area contributed by atoms with Crippen molar-refractivity contribution < 1.29 is 22.8 Å². The molecule has 1 unspecified atom stereocenters. The van der Waals surface area contributed by atoms with Crippen LogP contribution in [0.2, 0.25) is 0 Å². The first kappa shape index (κ1) is 28.5. The summed E-state index contributed by atoms with van der Waals surface area (Å²) in [5.74, 6) is 0.0590. The molecule has 5 nitrogen and oxygen atoms in total. The minimum absolute atomic E-state index is 0.0590. The Morgan fingerprint density at radius 1 is 1.13 bits per heavy atom. The Labute approximate surface area is 228 Å². The van der Waals surface area contributed by atoms with E-state index < -0.39 is 29.2 Å². The molecule has 2 heterocycles. The predicted octanol–water partition coefficient (Wildman–Crippen LogP) is 6.92. The highest BCUT2D eigenvalue weighted by molar-refractivity contribution is 5.87. The molecule has 208 valence electrons. The van der Waals surface area contributed by atoms with Gasteiger partial charge in [0.05, 0.1) is 29.1 Å². The molecular weight excluding hydrogens is 503 g/mol. The number of carbonyl (C=O) groups is 2. The molecule has 0 aliphatic carbocycles. The van der Waals surface area contributed by atoms with Crippen LogP contribution in [-0.4, -0.2) is 52.8 Å². The summed E-state index contributed by atoms with van der Waals surface area (Å²) in [6.45, 7) is 12.2. The Balaban J connectivity index is 1.71. The summed E-state index contributed by atoms with van der Waals surface area (Å²) in [4.78, 5) is 33.0. The maximum Gasteiger partial charge on any atom is 0.416 e. The highest BCUT2D eigenvalue weighted by atomic mass is 19.4. The van der Waals surface area contributed by atoms with Gasteiger partial charge in [-0.25, -0.2) is 4.79 Å². The van der Waals surface area contributed by atoms with Gasteiger partial charge >= 0.3 is 12.2 Å². The first-order valence-electron chi connectivity index (χ1n) is 13.2. The molecule has 39 heavy (non-hydrogen) atoms. The Morgan fingerprint density at radius 2 is 1.79 bits per heavy atom. The number of alkyl halides is 3. The average molecular weight is 540 g/mol. The summed E-state index contributed by atoms with van der Waals surface area (Å²) in [7, 11) is 1.62. The van der Waals surface area contributed by atoms with E-state index in [-0.39, 0.29) is 18.0 Å². The SMILES string of the molecule is C=CCC1(CC=C)C[C@H]2[C@H](c3ccccc3C)N(C(=O)N(C)C(C)c3cccc(C(F)(F)F)c3)CCN2C1=O. The van der Waals surface area contributed by atoms with Crippen molar-refractivity contribution in [1.82, 2.24) is 14.7 Å². The fourth-order valence-electron chi connectivity index (χ4n) is 6.22. The summed E-state index contributed by atoms with van der Waals surface area (Å²) in [6.07, 6.45) is 0.673. The van der Waals surface area contributed by atoms with E-state index in [0.29, 0.717) is 37.9 Å². The third-order valence-electron chi connectivity index (χ3n) is 8.40. The van der Waals surface area contributed by atoms with Crippen molar-refractivity contribution in [3.8, 4) is 0 Å². The van der Waals surface area contributed by atoms with Crippen molar-refractivity contribution in [2.75, 3.05) is 20.1 Å². The van der Waals surface area contributed by atoms with Crippen molar-refractivity contribution in [2.24, 2.45) is 5.41 Å². The fraction of sp³-hybridized carbons (Fsp3) is 0.419. The molecule has 2 aliphatic rings. The first-order chi connectivity index (χ1) is 18.4. The van der Waals surface area contributed by atoms with Gasteiger partial charge in [0.25, 0.3) is 0 Å². The summed E-state index contributed by atoms with van der Waals surface area (Å²) >= 11 is 0. The van der Waals surface area contributed by atoms with E-state index >= 15 is 0 Å². The van der Waals surface area contributed by atoms with E-state index in [1.165, 1.54) is 11.0 Å². The summed E-state index contributed by atoms with van der Waals surface area (Å²) in [6, 6.07) is 11.4. The molecule has 0 N–H and O–H groups in total. The van der Waals surface area contributed by atoms with Crippen LogP contribution in [0.15, 0.2) is 73.8 Å². The van der Waals surface area contributed by atoms with Crippen molar-refractivity contribution >= 4 is 11.9 Å². The lowest BCUT2D eigenvalue weighted by atomic mass is 9.76. The monoisotopic (exact) mass is 539 g/mol. The number of amides is 3. The van der Waals surface area contributed by atoms with E-state index in [2.05, 4.69) is 13.2 Å². The highest BCUT2D eigenvalue weighted by Crippen LogP contribution is 2.49. The van der Waals surface area contributed by atoms with Crippen molar-refractivity contribution in [3.05, 3.63) is 96.1 Å². The van der Waals surface area contributed by atoms with Gasteiger partial charge in [0.1, 0.15) is 0 Å². The molecule has 2 aliphatic heterocycles. The van der Waals surface area contributed by atoms with Gasteiger partial charge in [-0.05, 0) is 61.9 Å². The zero-order chi connectivity index (χ0) is 28.5. The second kappa shape index (κ2) is 10.9. The standard InChI is InChI=1S/C31H36F3N3O2/c1-6-15-30(16-7-2)20-26-27(25-14-9-8-11-21(25)3)37(18-17-36(26)28(30)38)29(39)35(5)22(4)23-12-10-13-24(19-23)31(32,33)34/h6-14,19,22,26-27H,1-2,15-18,20H2,3-5H3/t22?,26-,27-/m0/s1. The Bertz CT molecular complexity index is 1250. The van der Waals surface area contributed by atoms with Crippen LogP contribution in [0.4, 0.5) is 18.0 Å². The van der Waals surface area contributed by atoms with Gasteiger partial charge in [0, 0.05) is 20.1 Å². The molecule has 4 rings (SSSR count). The molecule has 0 aromatic heterocycles. The molecule has 8 heteroatoms. The van der Waals surface area contributed by atoms with Crippen LogP contribution >= 0.6 is 0 Å². The number of nitrogens with zero attached hydrogens (tertiary/aromatic N) is 3. The minimum Gasteiger partial charge on any atom is -0.335 e. The van der Waals surface area contributed by atoms with Crippen LogP contribution in [-0.2, 0) is 11.0 Å². The molecular formula is C31H36F3N3O2. The summed E-state index contributed by atoms with van der Waals surface area (Å²) in [5.41, 5.74) is 0.975. The van der Waals surface area contributed by atoms with E-state index in [0.717, 1.165) is 23.3 Å². The second-order valence-electron chi connectivity index (χ2n) is 10.7. The van der Waals surface area contributed by atoms with E-state index in [4.69, 9.17) is 0 Å². The fourth-order valence-corrected chi connectivity index (χ4v) is 6.22. The number of hydrogen-bond acceptors (Lipinski definition) is 2. The van der Waals surface area contributed by atoms with Gasteiger partial charge in [-0.2, -0.15) is 13.2 Å². The summed E-state index contributed by atoms with van der Waals surface area (Å²) in [5, 5.41) is 0. The molecule has 2 fully saturated rings. The average Bonchev–Trinajstić information content (AvgIpc) is 3.18. The lowest BCUT2D eigenvalue weighted by molar-refractivity contribution is -0.139. The third kappa shape index (κ3) is 5.21. The molecule has 3 atom stereocenters. The smallest absolute Gasteiger partial charge is 0.335 e. The molecule has 0 saturated carbocycles. The van der Waals surface area contributed by atoms with Gasteiger partial charge in [-0.15, -0.1) is 13.2 Å². The van der Waals surface area contributed by atoms with Gasteiger partial charge in [-0.1, -0.05) is 48.6 Å². The number of rotatable bonds is 7. The molecule has 2 aromatic rings. The maximum absolute atomic E-state index is 14.1. The number of piperazine rings is 1. The predicted molar refractivity (Wildman–Crippen MR) is 146 cm³/mol. The van der Waals surface area contributed by atoms with Crippen LogP contribution in [0.1, 0.15) is 60.5 Å². The topological polar surface area (TPSA) is 43.9 Å². The maximum atomic E-state index is 14.1. The Kier molecular flexibility index (Phi) is 7.96. The van der Waals surface area contributed by atoms with Crippen LogP contribution < -0.4 is 0 Å².